The second-order valence-corrected chi connectivity index (χ2v) is 5.16. The quantitative estimate of drug-likeness (QED) is 0.727. The summed E-state index contributed by atoms with van der Waals surface area (Å²) in [6.07, 6.45) is 3.65. The molecule has 3 N–H and O–H groups in total. The van der Waals surface area contributed by atoms with Gasteiger partial charge in [-0.2, -0.15) is 0 Å². The molecule has 0 radical (unpaired) electrons. The van der Waals surface area contributed by atoms with E-state index in [2.05, 4.69) is 20.9 Å². The van der Waals surface area contributed by atoms with Crippen molar-refractivity contribution in [3.8, 4) is 0 Å². The summed E-state index contributed by atoms with van der Waals surface area (Å²) in [5.41, 5.74) is -0.576. The van der Waals surface area contributed by atoms with Gasteiger partial charge in [-0.15, -0.1) is 0 Å². The first-order valence-corrected chi connectivity index (χ1v) is 6.87. The SMILES string of the molecule is O=c1[nH]c(=O)n([C@@H]2C[C@H](CO)[C@H]2CO)cc1/C=C/Br. The predicted octanol–water partition coefficient (Wildman–Crippen LogP) is 0.0640. The van der Waals surface area contributed by atoms with E-state index in [1.807, 2.05) is 0 Å². The van der Waals surface area contributed by atoms with E-state index < -0.39 is 11.2 Å². The number of halogens is 1. The number of aliphatic hydroxyl groups is 2. The Kier molecular flexibility index (Phi) is 4.38. The molecule has 1 aliphatic rings. The normalized spacial score (nSPS) is 26.6. The van der Waals surface area contributed by atoms with E-state index in [9.17, 15) is 14.7 Å². The first kappa shape index (κ1) is 14.2. The molecule has 0 unspecified atom stereocenters. The van der Waals surface area contributed by atoms with Crippen molar-refractivity contribution in [1.82, 2.24) is 9.55 Å². The van der Waals surface area contributed by atoms with E-state index in [1.165, 1.54) is 15.7 Å². The van der Waals surface area contributed by atoms with E-state index in [0.717, 1.165) is 0 Å². The van der Waals surface area contributed by atoms with Crippen LogP contribution in [0.1, 0.15) is 18.0 Å². The lowest BCUT2D eigenvalue weighted by atomic mass is 9.70. The fraction of sp³-hybridized carbons (Fsp3) is 0.500. The summed E-state index contributed by atoms with van der Waals surface area (Å²) >= 11 is 3.08. The molecule has 1 fully saturated rings. The largest absolute Gasteiger partial charge is 0.396 e. The van der Waals surface area contributed by atoms with Crippen molar-refractivity contribution in [3.05, 3.63) is 37.6 Å². The lowest BCUT2D eigenvalue weighted by Gasteiger charge is -2.43. The molecule has 1 heterocycles. The van der Waals surface area contributed by atoms with Crippen LogP contribution in [0.25, 0.3) is 6.08 Å². The minimum Gasteiger partial charge on any atom is -0.396 e. The van der Waals surface area contributed by atoms with Crippen molar-refractivity contribution in [2.24, 2.45) is 11.8 Å². The Hall–Kier alpha value is -1.18. The molecule has 0 saturated heterocycles. The van der Waals surface area contributed by atoms with Gasteiger partial charge in [0.2, 0.25) is 0 Å². The Morgan fingerprint density at radius 1 is 1.42 bits per heavy atom. The Labute approximate surface area is 117 Å². The number of aromatic amines is 1. The zero-order chi connectivity index (χ0) is 14.0. The van der Waals surface area contributed by atoms with Gasteiger partial charge in [0.15, 0.2) is 0 Å². The van der Waals surface area contributed by atoms with Crippen LogP contribution < -0.4 is 11.2 Å². The van der Waals surface area contributed by atoms with Gasteiger partial charge in [0.1, 0.15) is 0 Å². The number of hydrogen-bond donors (Lipinski definition) is 3. The Bertz CT molecular complexity index is 592. The van der Waals surface area contributed by atoms with Crippen molar-refractivity contribution in [3.63, 3.8) is 0 Å². The maximum Gasteiger partial charge on any atom is 0.328 e. The smallest absolute Gasteiger partial charge is 0.328 e. The van der Waals surface area contributed by atoms with Crippen LogP contribution in [0.15, 0.2) is 20.8 Å². The Morgan fingerprint density at radius 2 is 2.16 bits per heavy atom. The average Bonchev–Trinajstić information content (AvgIpc) is 2.34. The van der Waals surface area contributed by atoms with Crippen LogP contribution in [0.4, 0.5) is 0 Å². The molecule has 2 rings (SSSR count). The fourth-order valence-electron chi connectivity index (χ4n) is 2.51. The number of H-pyrrole nitrogens is 1. The highest BCUT2D eigenvalue weighted by Crippen LogP contribution is 2.42. The van der Waals surface area contributed by atoms with Crippen LogP contribution in [-0.4, -0.2) is 33.0 Å². The molecule has 0 spiro atoms. The Morgan fingerprint density at radius 3 is 2.74 bits per heavy atom. The van der Waals surface area contributed by atoms with Gasteiger partial charge in [-0.25, -0.2) is 4.79 Å². The second-order valence-electron chi connectivity index (χ2n) is 4.64. The van der Waals surface area contributed by atoms with E-state index in [4.69, 9.17) is 5.11 Å². The van der Waals surface area contributed by atoms with Gasteiger partial charge in [0.25, 0.3) is 5.56 Å². The van der Waals surface area contributed by atoms with E-state index in [1.54, 1.807) is 6.08 Å². The minimum absolute atomic E-state index is 0.00370. The molecule has 0 bridgehead atoms. The minimum atomic E-state index is -0.489. The van der Waals surface area contributed by atoms with Gasteiger partial charge < -0.3 is 10.2 Å². The van der Waals surface area contributed by atoms with E-state index in [-0.39, 0.29) is 31.1 Å². The fourth-order valence-corrected chi connectivity index (χ4v) is 2.80. The highest BCUT2D eigenvalue weighted by Gasteiger charge is 2.41. The molecule has 7 heteroatoms. The van der Waals surface area contributed by atoms with Gasteiger partial charge in [0, 0.05) is 31.4 Å². The standard InChI is InChI=1S/C12H15BrN2O4/c13-2-1-7-4-15(12(19)14-11(7)18)10-3-8(5-16)9(10)6-17/h1-2,4,8-10,16-17H,3,5-6H2,(H,14,18,19)/b2-1+/t8-,9-,10-/m1/s1. The lowest BCUT2D eigenvalue weighted by molar-refractivity contribution is -0.00876. The molecular weight excluding hydrogens is 316 g/mol. The number of nitrogens with one attached hydrogen (secondary N) is 1. The summed E-state index contributed by atoms with van der Waals surface area (Å²) in [7, 11) is 0. The molecule has 104 valence electrons. The molecular formula is C12H15BrN2O4. The maximum absolute atomic E-state index is 11.8. The first-order chi connectivity index (χ1) is 9.12. The number of aromatic nitrogens is 2. The maximum atomic E-state index is 11.8. The zero-order valence-electron chi connectivity index (χ0n) is 10.1. The van der Waals surface area contributed by atoms with Gasteiger partial charge in [0.05, 0.1) is 5.56 Å². The number of nitrogens with zero attached hydrogens (tertiary/aromatic N) is 1. The van der Waals surface area contributed by atoms with E-state index in [0.29, 0.717) is 12.0 Å². The molecule has 1 aromatic heterocycles. The molecule has 0 amide bonds. The summed E-state index contributed by atoms with van der Waals surface area (Å²) in [6, 6.07) is -0.186. The second kappa shape index (κ2) is 5.85. The van der Waals surface area contributed by atoms with Crippen molar-refractivity contribution >= 4 is 22.0 Å². The first-order valence-electron chi connectivity index (χ1n) is 5.96. The van der Waals surface area contributed by atoms with Crippen molar-refractivity contribution in [1.29, 1.82) is 0 Å². The summed E-state index contributed by atoms with van der Waals surface area (Å²) in [6.45, 7) is -0.0981. The average molecular weight is 331 g/mol. The van der Waals surface area contributed by atoms with E-state index >= 15 is 0 Å². The van der Waals surface area contributed by atoms with Gasteiger partial charge in [-0.1, -0.05) is 15.9 Å². The van der Waals surface area contributed by atoms with Crippen LogP contribution in [0, 0.1) is 11.8 Å². The molecule has 3 atom stereocenters. The molecule has 0 aromatic carbocycles. The molecule has 6 nitrogen and oxygen atoms in total. The highest BCUT2D eigenvalue weighted by atomic mass is 79.9. The molecule has 1 aromatic rings. The van der Waals surface area contributed by atoms with Gasteiger partial charge in [-0.05, 0) is 23.4 Å². The predicted molar refractivity (Wildman–Crippen MR) is 74.1 cm³/mol. The molecule has 19 heavy (non-hydrogen) atoms. The molecule has 1 aliphatic carbocycles. The van der Waals surface area contributed by atoms with Gasteiger partial charge in [-0.3, -0.25) is 14.3 Å². The van der Waals surface area contributed by atoms with Crippen molar-refractivity contribution < 1.29 is 10.2 Å². The van der Waals surface area contributed by atoms with Crippen LogP contribution in [-0.2, 0) is 0 Å². The van der Waals surface area contributed by atoms with Crippen LogP contribution in [0.2, 0.25) is 0 Å². The number of hydrogen-bond acceptors (Lipinski definition) is 4. The summed E-state index contributed by atoms with van der Waals surface area (Å²) in [5, 5.41) is 18.4. The third-order valence-electron chi connectivity index (χ3n) is 3.68. The van der Waals surface area contributed by atoms with Crippen LogP contribution >= 0.6 is 15.9 Å². The molecule has 0 aliphatic heterocycles. The summed E-state index contributed by atoms with van der Waals surface area (Å²) < 4.78 is 1.43. The Balaban J connectivity index is 2.38. The van der Waals surface area contributed by atoms with Crippen molar-refractivity contribution in [2.75, 3.05) is 13.2 Å². The van der Waals surface area contributed by atoms with Crippen molar-refractivity contribution in [2.45, 2.75) is 12.5 Å². The van der Waals surface area contributed by atoms with Crippen LogP contribution in [0.5, 0.6) is 0 Å². The number of aliphatic hydroxyl groups excluding tert-OH is 2. The topological polar surface area (TPSA) is 95.3 Å². The summed E-state index contributed by atoms with van der Waals surface area (Å²) in [5.74, 6) is -0.154. The van der Waals surface area contributed by atoms with Gasteiger partial charge >= 0.3 is 5.69 Å². The monoisotopic (exact) mass is 330 g/mol. The lowest BCUT2D eigenvalue weighted by Crippen LogP contribution is -2.47. The summed E-state index contributed by atoms with van der Waals surface area (Å²) in [4.78, 5) is 27.2. The molecule has 1 saturated carbocycles. The zero-order valence-corrected chi connectivity index (χ0v) is 11.7. The third-order valence-corrected chi connectivity index (χ3v) is 3.95. The highest BCUT2D eigenvalue weighted by molar-refractivity contribution is 9.11. The van der Waals surface area contributed by atoms with Crippen LogP contribution in [0.3, 0.4) is 0 Å². The number of rotatable bonds is 4. The third kappa shape index (κ3) is 2.58.